The predicted octanol–water partition coefficient (Wildman–Crippen LogP) is 1.22. The Morgan fingerprint density at radius 3 is 2.80 bits per heavy atom. The lowest BCUT2D eigenvalue weighted by molar-refractivity contribution is 0.197. The van der Waals surface area contributed by atoms with Crippen molar-refractivity contribution in [3.8, 4) is 0 Å². The highest BCUT2D eigenvalue weighted by Gasteiger charge is 2.15. The van der Waals surface area contributed by atoms with E-state index in [4.69, 9.17) is 5.11 Å². The molecule has 0 bridgehead atoms. The van der Waals surface area contributed by atoms with Crippen LogP contribution in [0.1, 0.15) is 39.0 Å². The van der Waals surface area contributed by atoms with Gasteiger partial charge in [-0.25, -0.2) is 0 Å². The molecular formula is C12H26N2O. The van der Waals surface area contributed by atoms with E-state index in [0.717, 1.165) is 26.1 Å². The van der Waals surface area contributed by atoms with Gasteiger partial charge >= 0.3 is 0 Å². The van der Waals surface area contributed by atoms with Crippen LogP contribution in [-0.2, 0) is 0 Å². The molecule has 0 radical (unpaired) electrons. The molecule has 1 unspecified atom stereocenters. The maximum Gasteiger partial charge on any atom is 0.0443 e. The molecule has 2 N–H and O–H groups in total. The Hall–Kier alpha value is -0.120. The first-order chi connectivity index (χ1) is 7.36. The molecule has 1 fully saturated rings. The molecule has 1 aliphatic heterocycles. The van der Waals surface area contributed by atoms with Crippen LogP contribution in [0.25, 0.3) is 0 Å². The second kappa shape index (κ2) is 8.08. The van der Waals surface area contributed by atoms with E-state index in [9.17, 15) is 0 Å². The van der Waals surface area contributed by atoms with Crippen molar-refractivity contribution in [3.63, 3.8) is 0 Å². The van der Waals surface area contributed by atoms with E-state index in [2.05, 4.69) is 17.1 Å². The van der Waals surface area contributed by atoms with Crippen molar-refractivity contribution in [1.29, 1.82) is 0 Å². The molecule has 1 rings (SSSR count). The summed E-state index contributed by atoms with van der Waals surface area (Å²) in [5.41, 5.74) is 0. The second-order valence-electron chi connectivity index (χ2n) is 4.52. The molecule has 0 amide bonds. The molecule has 1 heterocycles. The van der Waals surface area contributed by atoms with Crippen LogP contribution in [0.2, 0.25) is 0 Å². The highest BCUT2D eigenvalue weighted by Crippen LogP contribution is 2.09. The topological polar surface area (TPSA) is 35.5 Å². The Labute approximate surface area is 93.9 Å². The summed E-state index contributed by atoms with van der Waals surface area (Å²) in [7, 11) is 0. The van der Waals surface area contributed by atoms with E-state index < -0.39 is 0 Å². The highest BCUT2D eigenvalue weighted by molar-refractivity contribution is 4.76. The quantitative estimate of drug-likeness (QED) is 0.669. The molecule has 0 aromatic carbocycles. The SMILES string of the molecule is CCCN(CCCO)CC1CCCCN1. The van der Waals surface area contributed by atoms with Crippen LogP contribution < -0.4 is 5.32 Å². The minimum absolute atomic E-state index is 0.318. The molecule has 90 valence electrons. The van der Waals surface area contributed by atoms with Gasteiger partial charge in [-0.3, -0.25) is 0 Å². The van der Waals surface area contributed by atoms with Gasteiger partial charge < -0.3 is 15.3 Å². The normalized spacial score (nSPS) is 22.2. The molecule has 3 nitrogen and oxygen atoms in total. The van der Waals surface area contributed by atoms with Gasteiger partial charge in [-0.1, -0.05) is 13.3 Å². The van der Waals surface area contributed by atoms with Crippen molar-refractivity contribution in [2.45, 2.75) is 45.1 Å². The number of piperidine rings is 1. The number of rotatable bonds is 7. The Bertz CT molecular complexity index is 147. The van der Waals surface area contributed by atoms with Crippen molar-refractivity contribution in [3.05, 3.63) is 0 Å². The molecule has 0 saturated carbocycles. The zero-order valence-corrected chi connectivity index (χ0v) is 10.0. The van der Waals surface area contributed by atoms with Gasteiger partial charge in [-0.15, -0.1) is 0 Å². The Morgan fingerprint density at radius 2 is 2.20 bits per heavy atom. The predicted molar refractivity (Wildman–Crippen MR) is 64.1 cm³/mol. The van der Waals surface area contributed by atoms with Crippen LogP contribution in [0.15, 0.2) is 0 Å². The summed E-state index contributed by atoms with van der Waals surface area (Å²) in [6, 6.07) is 0.684. The summed E-state index contributed by atoms with van der Waals surface area (Å²) < 4.78 is 0. The summed E-state index contributed by atoms with van der Waals surface area (Å²) in [6.45, 7) is 7.09. The van der Waals surface area contributed by atoms with Crippen molar-refractivity contribution in [2.75, 3.05) is 32.8 Å². The lowest BCUT2D eigenvalue weighted by Gasteiger charge is -2.30. The average Bonchev–Trinajstić information content (AvgIpc) is 2.28. The van der Waals surface area contributed by atoms with Crippen molar-refractivity contribution < 1.29 is 5.11 Å². The lowest BCUT2D eigenvalue weighted by atomic mass is 10.0. The van der Waals surface area contributed by atoms with Crippen molar-refractivity contribution in [2.24, 2.45) is 0 Å². The third-order valence-corrected chi connectivity index (χ3v) is 3.06. The Morgan fingerprint density at radius 1 is 1.33 bits per heavy atom. The monoisotopic (exact) mass is 214 g/mol. The summed E-state index contributed by atoms with van der Waals surface area (Å²) in [5, 5.41) is 12.4. The fourth-order valence-electron chi connectivity index (χ4n) is 2.30. The van der Waals surface area contributed by atoms with Gasteiger partial charge in [0.2, 0.25) is 0 Å². The number of nitrogens with zero attached hydrogens (tertiary/aromatic N) is 1. The molecule has 0 aromatic rings. The molecular weight excluding hydrogens is 188 g/mol. The number of hydrogen-bond acceptors (Lipinski definition) is 3. The van der Waals surface area contributed by atoms with Crippen molar-refractivity contribution >= 4 is 0 Å². The van der Waals surface area contributed by atoms with Gasteiger partial charge in [0.1, 0.15) is 0 Å². The smallest absolute Gasteiger partial charge is 0.0443 e. The van der Waals surface area contributed by atoms with E-state index in [1.807, 2.05) is 0 Å². The van der Waals surface area contributed by atoms with Crippen LogP contribution in [0.4, 0.5) is 0 Å². The molecule has 3 heteroatoms. The van der Waals surface area contributed by atoms with E-state index in [0.29, 0.717) is 12.6 Å². The zero-order chi connectivity index (χ0) is 10.9. The maximum atomic E-state index is 8.85. The Kier molecular flexibility index (Phi) is 6.98. The zero-order valence-electron chi connectivity index (χ0n) is 10.0. The summed E-state index contributed by atoms with van der Waals surface area (Å²) in [6.07, 6.45) is 6.14. The van der Waals surface area contributed by atoms with Gasteiger partial charge in [-0.05, 0) is 38.8 Å². The van der Waals surface area contributed by atoms with E-state index >= 15 is 0 Å². The fraction of sp³-hybridized carbons (Fsp3) is 1.00. The van der Waals surface area contributed by atoms with Gasteiger partial charge in [-0.2, -0.15) is 0 Å². The van der Waals surface area contributed by atoms with Gasteiger partial charge in [0, 0.05) is 25.7 Å². The first kappa shape index (κ1) is 12.9. The summed E-state index contributed by atoms with van der Waals surface area (Å²) >= 11 is 0. The fourth-order valence-corrected chi connectivity index (χ4v) is 2.30. The van der Waals surface area contributed by atoms with Crippen LogP contribution >= 0.6 is 0 Å². The second-order valence-corrected chi connectivity index (χ2v) is 4.52. The van der Waals surface area contributed by atoms with Gasteiger partial charge in [0.05, 0.1) is 0 Å². The van der Waals surface area contributed by atoms with Crippen LogP contribution in [0, 0.1) is 0 Å². The highest BCUT2D eigenvalue weighted by atomic mass is 16.3. The first-order valence-corrected chi connectivity index (χ1v) is 6.43. The minimum atomic E-state index is 0.318. The summed E-state index contributed by atoms with van der Waals surface area (Å²) in [5.74, 6) is 0. The molecule has 1 atom stereocenters. The van der Waals surface area contributed by atoms with E-state index in [1.165, 1.54) is 32.2 Å². The molecule has 0 aromatic heterocycles. The van der Waals surface area contributed by atoms with E-state index in [1.54, 1.807) is 0 Å². The molecule has 0 aliphatic carbocycles. The minimum Gasteiger partial charge on any atom is -0.396 e. The van der Waals surface area contributed by atoms with Crippen LogP contribution in [0.3, 0.4) is 0 Å². The molecule has 1 saturated heterocycles. The van der Waals surface area contributed by atoms with Gasteiger partial charge in [0.25, 0.3) is 0 Å². The van der Waals surface area contributed by atoms with Crippen LogP contribution in [-0.4, -0.2) is 48.8 Å². The molecule has 1 aliphatic rings. The number of hydrogen-bond donors (Lipinski definition) is 2. The number of aliphatic hydroxyl groups is 1. The van der Waals surface area contributed by atoms with Crippen molar-refractivity contribution in [1.82, 2.24) is 10.2 Å². The van der Waals surface area contributed by atoms with E-state index in [-0.39, 0.29) is 0 Å². The number of nitrogens with one attached hydrogen (secondary N) is 1. The van der Waals surface area contributed by atoms with Crippen LogP contribution in [0.5, 0.6) is 0 Å². The first-order valence-electron chi connectivity index (χ1n) is 6.43. The standard InChI is InChI=1S/C12H26N2O/c1-2-8-14(9-5-10-15)11-12-6-3-4-7-13-12/h12-13,15H,2-11H2,1H3. The third-order valence-electron chi connectivity index (χ3n) is 3.06. The maximum absolute atomic E-state index is 8.85. The molecule has 0 spiro atoms. The lowest BCUT2D eigenvalue weighted by Crippen LogP contribution is -2.44. The summed E-state index contributed by atoms with van der Waals surface area (Å²) in [4.78, 5) is 2.49. The average molecular weight is 214 g/mol. The molecule has 15 heavy (non-hydrogen) atoms. The Balaban J connectivity index is 2.21. The largest absolute Gasteiger partial charge is 0.396 e. The van der Waals surface area contributed by atoms with Gasteiger partial charge in [0.15, 0.2) is 0 Å². The third kappa shape index (κ3) is 5.50. The number of aliphatic hydroxyl groups excluding tert-OH is 1.